The molecule has 0 fully saturated rings. The molecule has 0 saturated heterocycles. The fourth-order valence-corrected chi connectivity index (χ4v) is 1.41. The fraction of sp³-hybridized carbons (Fsp3) is 0.455. The number of benzene rings is 1. The number of hydrogen-bond acceptors (Lipinski definition) is 3. The van der Waals surface area contributed by atoms with Crippen LogP contribution in [0, 0.1) is 0 Å². The highest BCUT2D eigenvalue weighted by Crippen LogP contribution is 2.21. The fourth-order valence-electron chi connectivity index (χ4n) is 1.00. The first-order chi connectivity index (χ1) is 6.57. The topological polar surface area (TPSA) is 35.2 Å². The van der Waals surface area contributed by atoms with Crippen molar-refractivity contribution < 1.29 is 4.74 Å². The zero-order valence-electron chi connectivity index (χ0n) is 8.91. The first kappa shape index (κ1) is 11.4. The zero-order valence-corrected chi connectivity index (χ0v) is 9.73. The van der Waals surface area contributed by atoms with E-state index in [0.29, 0.717) is 6.54 Å². The highest BCUT2D eigenvalue weighted by atomic mass is 32.2. The van der Waals surface area contributed by atoms with E-state index >= 15 is 0 Å². The molecule has 1 aromatic carbocycles. The Morgan fingerprint density at radius 3 is 2.29 bits per heavy atom. The van der Waals surface area contributed by atoms with E-state index in [0.717, 1.165) is 5.75 Å². The van der Waals surface area contributed by atoms with Crippen LogP contribution in [0.2, 0.25) is 0 Å². The lowest BCUT2D eigenvalue weighted by molar-refractivity contribution is 0.119. The highest BCUT2D eigenvalue weighted by Gasteiger charge is 2.16. The molecule has 0 spiro atoms. The van der Waals surface area contributed by atoms with E-state index in [4.69, 9.17) is 10.5 Å². The molecular weight excluding hydrogens is 194 g/mol. The number of nitrogens with two attached hydrogens (primary N) is 1. The molecule has 78 valence electrons. The van der Waals surface area contributed by atoms with Crippen LogP contribution in [0.4, 0.5) is 0 Å². The first-order valence-electron chi connectivity index (χ1n) is 4.60. The predicted octanol–water partition coefficient (Wildman–Crippen LogP) is 2.52. The van der Waals surface area contributed by atoms with Gasteiger partial charge in [-0.05, 0) is 44.4 Å². The summed E-state index contributed by atoms with van der Waals surface area (Å²) in [6.45, 7) is 4.47. The van der Waals surface area contributed by atoms with Crippen molar-refractivity contribution in [3.63, 3.8) is 0 Å². The summed E-state index contributed by atoms with van der Waals surface area (Å²) in [6, 6.07) is 8.05. The van der Waals surface area contributed by atoms with Crippen molar-refractivity contribution >= 4 is 11.8 Å². The molecule has 0 aliphatic carbocycles. The van der Waals surface area contributed by atoms with Gasteiger partial charge in [0, 0.05) is 11.4 Å². The normalized spacial score (nSPS) is 11.4. The van der Waals surface area contributed by atoms with Crippen molar-refractivity contribution in [2.75, 3.05) is 12.8 Å². The summed E-state index contributed by atoms with van der Waals surface area (Å²) in [5, 5.41) is 0. The molecule has 3 heteroatoms. The third kappa shape index (κ3) is 3.24. The molecule has 0 aromatic heterocycles. The van der Waals surface area contributed by atoms with Gasteiger partial charge in [0.2, 0.25) is 0 Å². The van der Waals surface area contributed by atoms with E-state index in [2.05, 4.69) is 6.26 Å². The van der Waals surface area contributed by atoms with Gasteiger partial charge in [0.15, 0.2) is 0 Å². The molecule has 0 aliphatic rings. The molecule has 0 unspecified atom stereocenters. The van der Waals surface area contributed by atoms with E-state index in [-0.39, 0.29) is 5.60 Å². The van der Waals surface area contributed by atoms with Crippen LogP contribution in [0.5, 0.6) is 5.75 Å². The van der Waals surface area contributed by atoms with E-state index in [1.54, 1.807) is 11.8 Å². The summed E-state index contributed by atoms with van der Waals surface area (Å²) in [5.41, 5.74) is 5.29. The van der Waals surface area contributed by atoms with Gasteiger partial charge >= 0.3 is 0 Å². The van der Waals surface area contributed by atoms with Gasteiger partial charge in [0.05, 0.1) is 0 Å². The Labute approximate surface area is 89.8 Å². The van der Waals surface area contributed by atoms with E-state index in [9.17, 15) is 0 Å². The van der Waals surface area contributed by atoms with Gasteiger partial charge in [-0.2, -0.15) is 0 Å². The molecule has 0 bridgehead atoms. The number of ether oxygens (including phenoxy) is 1. The maximum Gasteiger partial charge on any atom is 0.120 e. The van der Waals surface area contributed by atoms with E-state index in [1.165, 1.54) is 4.90 Å². The molecule has 2 nitrogen and oxygen atoms in total. The first-order valence-corrected chi connectivity index (χ1v) is 5.83. The Morgan fingerprint density at radius 1 is 1.29 bits per heavy atom. The summed E-state index contributed by atoms with van der Waals surface area (Å²) in [7, 11) is 0. The smallest absolute Gasteiger partial charge is 0.120 e. The molecule has 14 heavy (non-hydrogen) atoms. The Kier molecular flexibility index (Phi) is 3.84. The monoisotopic (exact) mass is 211 g/mol. The molecule has 0 heterocycles. The standard InChI is InChI=1S/C11H17NOS/c1-11(2,8-12)13-9-4-6-10(14-3)7-5-9/h4-7H,8,12H2,1-3H3. The van der Waals surface area contributed by atoms with Gasteiger partial charge in [-0.25, -0.2) is 0 Å². The van der Waals surface area contributed by atoms with Crippen LogP contribution in [0.1, 0.15) is 13.8 Å². The third-order valence-electron chi connectivity index (χ3n) is 1.95. The minimum absolute atomic E-state index is 0.291. The third-order valence-corrected chi connectivity index (χ3v) is 2.69. The second kappa shape index (κ2) is 4.71. The van der Waals surface area contributed by atoms with Gasteiger partial charge in [0.25, 0.3) is 0 Å². The molecule has 1 rings (SSSR count). The summed E-state index contributed by atoms with van der Waals surface area (Å²) < 4.78 is 5.72. The lowest BCUT2D eigenvalue weighted by atomic mass is 10.1. The van der Waals surface area contributed by atoms with Crippen LogP contribution >= 0.6 is 11.8 Å². The lowest BCUT2D eigenvalue weighted by Gasteiger charge is -2.24. The van der Waals surface area contributed by atoms with Crippen LogP contribution in [0.25, 0.3) is 0 Å². The van der Waals surface area contributed by atoms with Gasteiger partial charge in [-0.1, -0.05) is 0 Å². The van der Waals surface area contributed by atoms with Crippen molar-refractivity contribution in [2.45, 2.75) is 24.3 Å². The molecule has 0 saturated carbocycles. The Hall–Kier alpha value is -0.670. The van der Waals surface area contributed by atoms with Gasteiger partial charge in [-0.15, -0.1) is 11.8 Å². The van der Waals surface area contributed by atoms with E-state index < -0.39 is 0 Å². The van der Waals surface area contributed by atoms with Crippen molar-refractivity contribution in [2.24, 2.45) is 5.73 Å². The molecule has 0 radical (unpaired) electrons. The van der Waals surface area contributed by atoms with Gasteiger partial charge in [-0.3, -0.25) is 0 Å². The minimum atomic E-state index is -0.291. The van der Waals surface area contributed by atoms with Crippen molar-refractivity contribution in [1.82, 2.24) is 0 Å². The number of thioether (sulfide) groups is 1. The van der Waals surface area contributed by atoms with Gasteiger partial charge in [0.1, 0.15) is 11.4 Å². The summed E-state index contributed by atoms with van der Waals surface area (Å²) in [4.78, 5) is 1.24. The minimum Gasteiger partial charge on any atom is -0.487 e. The maximum atomic E-state index is 5.72. The zero-order chi connectivity index (χ0) is 10.6. The second-order valence-electron chi connectivity index (χ2n) is 3.74. The van der Waals surface area contributed by atoms with E-state index in [1.807, 2.05) is 38.1 Å². The summed E-state index contributed by atoms with van der Waals surface area (Å²) in [6.07, 6.45) is 2.06. The van der Waals surface area contributed by atoms with Crippen LogP contribution in [0.3, 0.4) is 0 Å². The van der Waals surface area contributed by atoms with Crippen molar-refractivity contribution in [1.29, 1.82) is 0 Å². The molecule has 0 atom stereocenters. The number of hydrogen-bond donors (Lipinski definition) is 1. The average Bonchev–Trinajstić information content (AvgIpc) is 2.19. The van der Waals surface area contributed by atoms with Crippen LogP contribution in [-0.4, -0.2) is 18.4 Å². The molecular formula is C11H17NOS. The summed E-state index contributed by atoms with van der Waals surface area (Å²) in [5.74, 6) is 0.873. The molecule has 0 aliphatic heterocycles. The molecule has 1 aromatic rings. The second-order valence-corrected chi connectivity index (χ2v) is 4.62. The largest absolute Gasteiger partial charge is 0.487 e. The Bertz CT molecular complexity index is 282. The SMILES string of the molecule is CSc1ccc(OC(C)(C)CN)cc1. The van der Waals surface area contributed by atoms with Gasteiger partial charge < -0.3 is 10.5 Å². The van der Waals surface area contributed by atoms with Crippen molar-refractivity contribution in [3.05, 3.63) is 24.3 Å². The maximum absolute atomic E-state index is 5.72. The van der Waals surface area contributed by atoms with Crippen LogP contribution < -0.4 is 10.5 Å². The Morgan fingerprint density at radius 2 is 1.86 bits per heavy atom. The lowest BCUT2D eigenvalue weighted by Crippen LogP contribution is -2.37. The molecule has 2 N–H and O–H groups in total. The Balaban J connectivity index is 2.69. The van der Waals surface area contributed by atoms with Crippen LogP contribution in [-0.2, 0) is 0 Å². The predicted molar refractivity (Wildman–Crippen MR) is 62.0 cm³/mol. The van der Waals surface area contributed by atoms with Crippen molar-refractivity contribution in [3.8, 4) is 5.75 Å². The molecule has 0 amide bonds. The quantitative estimate of drug-likeness (QED) is 0.777. The summed E-state index contributed by atoms with van der Waals surface area (Å²) >= 11 is 1.72. The number of rotatable bonds is 4. The highest BCUT2D eigenvalue weighted by molar-refractivity contribution is 7.98. The average molecular weight is 211 g/mol. The van der Waals surface area contributed by atoms with Crippen LogP contribution in [0.15, 0.2) is 29.2 Å².